The van der Waals surface area contributed by atoms with E-state index in [1.54, 1.807) is 55.3 Å². The highest BCUT2D eigenvalue weighted by atomic mass is 16.2. The number of carbonyl (C=O) groups is 1. The second kappa shape index (κ2) is 5.44. The van der Waals surface area contributed by atoms with Gasteiger partial charge in [-0.2, -0.15) is 5.10 Å². The number of aromatic amines is 2. The molecular weight excluding hydrogens is 300 g/mol. The van der Waals surface area contributed by atoms with E-state index in [-0.39, 0.29) is 5.91 Å². The van der Waals surface area contributed by atoms with Crippen LogP contribution in [0.2, 0.25) is 0 Å². The van der Waals surface area contributed by atoms with Crippen molar-refractivity contribution in [2.24, 2.45) is 7.05 Å². The fourth-order valence-corrected chi connectivity index (χ4v) is 2.15. The minimum absolute atomic E-state index is 0.231. The molecule has 118 valence electrons. The third-order valence-electron chi connectivity index (χ3n) is 3.36. The number of aryl methyl sites for hydroxylation is 1. The van der Waals surface area contributed by atoms with Gasteiger partial charge in [-0.3, -0.25) is 19.4 Å². The highest BCUT2D eigenvalue weighted by Gasteiger charge is 2.15. The van der Waals surface area contributed by atoms with E-state index in [1.807, 2.05) is 0 Å². The number of hydrogen-bond donors (Lipinski definition) is 2. The molecule has 2 heterocycles. The maximum Gasteiger partial charge on any atom is 0.349 e. The lowest BCUT2D eigenvalue weighted by Crippen LogP contribution is -2.26. The van der Waals surface area contributed by atoms with Gasteiger partial charge in [0.1, 0.15) is 0 Å². The normalized spacial score (nSPS) is 10.7. The summed E-state index contributed by atoms with van der Waals surface area (Å²) in [5.41, 5.74) is -0.275. The Kier molecular flexibility index (Phi) is 3.45. The molecule has 3 aromatic rings. The van der Waals surface area contributed by atoms with E-state index in [4.69, 9.17) is 0 Å². The summed E-state index contributed by atoms with van der Waals surface area (Å²) in [5.74, 6) is 0.304. The number of benzene rings is 1. The predicted molar refractivity (Wildman–Crippen MR) is 83.0 cm³/mol. The number of aromatic nitrogens is 5. The molecule has 0 aliphatic heterocycles. The van der Waals surface area contributed by atoms with Gasteiger partial charge >= 0.3 is 11.4 Å². The summed E-state index contributed by atoms with van der Waals surface area (Å²) in [5, 5.41) is 6.51. The van der Waals surface area contributed by atoms with Gasteiger partial charge in [0, 0.05) is 31.9 Å². The SMILES string of the molecule is CN(C(=O)c1ccc(-n2[nH]c(=O)[nH]c2=O)cc1)c1ccn(C)n1. The van der Waals surface area contributed by atoms with Crippen LogP contribution in [0.5, 0.6) is 0 Å². The van der Waals surface area contributed by atoms with Gasteiger partial charge in [0.25, 0.3) is 5.91 Å². The van der Waals surface area contributed by atoms with E-state index in [9.17, 15) is 14.4 Å². The van der Waals surface area contributed by atoms with Crippen molar-refractivity contribution in [1.82, 2.24) is 24.5 Å². The summed E-state index contributed by atoms with van der Waals surface area (Å²) < 4.78 is 2.68. The third-order valence-corrected chi connectivity index (χ3v) is 3.36. The molecule has 0 fully saturated rings. The van der Waals surface area contributed by atoms with Crippen LogP contribution < -0.4 is 16.3 Å². The molecule has 0 unspecified atom stereocenters. The molecule has 0 atom stereocenters. The number of carbonyl (C=O) groups excluding carboxylic acids is 1. The smallest absolute Gasteiger partial charge is 0.294 e. The number of rotatable bonds is 3. The molecule has 9 nitrogen and oxygen atoms in total. The second-order valence-electron chi connectivity index (χ2n) is 4.97. The van der Waals surface area contributed by atoms with Crippen molar-refractivity contribution in [3.8, 4) is 5.69 Å². The molecule has 0 bridgehead atoms. The van der Waals surface area contributed by atoms with Crippen LogP contribution in [-0.2, 0) is 7.05 Å². The molecule has 0 spiro atoms. The first kappa shape index (κ1) is 14.6. The van der Waals surface area contributed by atoms with E-state index in [0.717, 1.165) is 4.68 Å². The van der Waals surface area contributed by atoms with Crippen molar-refractivity contribution in [1.29, 1.82) is 0 Å². The summed E-state index contributed by atoms with van der Waals surface area (Å²) in [6.07, 6.45) is 1.75. The van der Waals surface area contributed by atoms with Crippen LogP contribution in [0.4, 0.5) is 5.82 Å². The molecule has 1 amide bonds. The van der Waals surface area contributed by atoms with Crippen LogP contribution in [0.25, 0.3) is 5.69 Å². The first-order chi connectivity index (χ1) is 11.0. The fourth-order valence-electron chi connectivity index (χ4n) is 2.15. The molecule has 23 heavy (non-hydrogen) atoms. The van der Waals surface area contributed by atoms with Crippen molar-refractivity contribution >= 4 is 11.7 Å². The molecule has 0 aliphatic carbocycles. The van der Waals surface area contributed by atoms with Gasteiger partial charge in [-0.1, -0.05) is 0 Å². The number of hydrogen-bond acceptors (Lipinski definition) is 4. The maximum atomic E-state index is 12.4. The Hall–Kier alpha value is -3.36. The lowest BCUT2D eigenvalue weighted by atomic mass is 10.2. The molecule has 9 heteroatoms. The van der Waals surface area contributed by atoms with Crippen LogP contribution in [-0.4, -0.2) is 37.5 Å². The predicted octanol–water partition coefficient (Wildman–Crippen LogP) is -0.136. The van der Waals surface area contributed by atoms with Gasteiger partial charge in [0.15, 0.2) is 5.82 Å². The van der Waals surface area contributed by atoms with Crippen molar-refractivity contribution in [2.75, 3.05) is 11.9 Å². The molecule has 1 aromatic carbocycles. The number of nitrogens with one attached hydrogen (secondary N) is 2. The van der Waals surface area contributed by atoms with E-state index in [2.05, 4.69) is 15.2 Å². The third kappa shape index (κ3) is 2.71. The number of amides is 1. The summed E-state index contributed by atoms with van der Waals surface area (Å²) in [6.45, 7) is 0. The highest BCUT2D eigenvalue weighted by Crippen LogP contribution is 2.13. The monoisotopic (exact) mass is 314 g/mol. The zero-order valence-electron chi connectivity index (χ0n) is 12.5. The fraction of sp³-hybridized carbons (Fsp3) is 0.143. The summed E-state index contributed by atoms with van der Waals surface area (Å²) >= 11 is 0. The van der Waals surface area contributed by atoms with Crippen LogP contribution in [0.3, 0.4) is 0 Å². The van der Waals surface area contributed by atoms with E-state index < -0.39 is 11.4 Å². The van der Waals surface area contributed by atoms with Gasteiger partial charge < -0.3 is 0 Å². The van der Waals surface area contributed by atoms with Gasteiger partial charge in [0.05, 0.1) is 5.69 Å². The van der Waals surface area contributed by atoms with Gasteiger partial charge in [-0.15, -0.1) is 0 Å². The number of nitrogens with zero attached hydrogens (tertiary/aromatic N) is 4. The largest absolute Gasteiger partial charge is 0.349 e. The minimum atomic E-state index is -0.593. The van der Waals surface area contributed by atoms with Crippen LogP contribution in [0, 0.1) is 0 Å². The van der Waals surface area contributed by atoms with Gasteiger partial charge in [-0.25, -0.2) is 19.4 Å². The Morgan fingerprint density at radius 1 is 1.17 bits per heavy atom. The maximum absolute atomic E-state index is 12.4. The van der Waals surface area contributed by atoms with Crippen molar-refractivity contribution in [2.45, 2.75) is 0 Å². The average molecular weight is 314 g/mol. The zero-order valence-corrected chi connectivity index (χ0v) is 12.5. The lowest BCUT2D eigenvalue weighted by Gasteiger charge is -2.14. The van der Waals surface area contributed by atoms with Crippen molar-refractivity contribution < 1.29 is 4.79 Å². The minimum Gasteiger partial charge on any atom is -0.294 e. The van der Waals surface area contributed by atoms with Crippen LogP contribution in [0.1, 0.15) is 10.4 Å². The first-order valence-electron chi connectivity index (χ1n) is 6.75. The first-order valence-corrected chi connectivity index (χ1v) is 6.75. The molecule has 0 radical (unpaired) electrons. The quantitative estimate of drug-likeness (QED) is 0.701. The Morgan fingerprint density at radius 3 is 2.39 bits per heavy atom. The summed E-state index contributed by atoms with van der Waals surface area (Å²) in [7, 11) is 3.40. The summed E-state index contributed by atoms with van der Waals surface area (Å²) in [4.78, 5) is 38.6. The van der Waals surface area contributed by atoms with Crippen LogP contribution in [0.15, 0.2) is 46.1 Å². The summed E-state index contributed by atoms with van der Waals surface area (Å²) in [6, 6.07) is 8.04. The van der Waals surface area contributed by atoms with Crippen LogP contribution >= 0.6 is 0 Å². The lowest BCUT2D eigenvalue weighted by molar-refractivity contribution is 0.0992. The molecule has 0 saturated heterocycles. The molecule has 0 saturated carbocycles. The second-order valence-corrected chi connectivity index (χ2v) is 4.97. The van der Waals surface area contributed by atoms with E-state index in [1.165, 1.54) is 4.90 Å². The topological polar surface area (TPSA) is 109 Å². The van der Waals surface area contributed by atoms with E-state index >= 15 is 0 Å². The molecule has 3 rings (SSSR count). The van der Waals surface area contributed by atoms with Gasteiger partial charge in [-0.05, 0) is 24.3 Å². The standard InChI is InChI=1S/C14H14N6O3/c1-18-8-7-11(16-18)19(2)12(21)9-3-5-10(6-4-9)20-14(23)15-13(22)17-20/h3-8H,1-2H3,(H2,15,17,22,23). The highest BCUT2D eigenvalue weighted by molar-refractivity contribution is 6.05. The number of anilines is 1. The van der Waals surface area contributed by atoms with E-state index in [0.29, 0.717) is 17.1 Å². The van der Waals surface area contributed by atoms with Gasteiger partial charge in [0.2, 0.25) is 0 Å². The molecular formula is C14H14N6O3. The van der Waals surface area contributed by atoms with Crippen molar-refractivity contribution in [3.05, 3.63) is 63.1 Å². The van der Waals surface area contributed by atoms with Crippen molar-refractivity contribution in [3.63, 3.8) is 0 Å². The molecule has 2 N–H and O–H groups in total. The molecule has 0 aliphatic rings. The zero-order chi connectivity index (χ0) is 16.6. The average Bonchev–Trinajstić information content (AvgIpc) is 3.11. The molecule has 2 aromatic heterocycles. The number of H-pyrrole nitrogens is 2. The Bertz CT molecular complexity index is 959. The Balaban J connectivity index is 1.87. The Morgan fingerprint density at radius 2 is 1.87 bits per heavy atom. The Labute approximate surface area is 129 Å².